The normalized spacial score (nSPS) is 17.6. The van der Waals surface area contributed by atoms with E-state index in [0.29, 0.717) is 0 Å². The molecule has 1 amide bonds. The molecule has 1 saturated heterocycles. The van der Waals surface area contributed by atoms with Crippen LogP contribution in [-0.4, -0.2) is 28.5 Å². The molecule has 0 radical (unpaired) electrons. The fourth-order valence-corrected chi connectivity index (χ4v) is 2.52. The Kier molecular flexibility index (Phi) is 3.44. The second kappa shape index (κ2) is 4.69. The Labute approximate surface area is 126 Å². The van der Waals surface area contributed by atoms with Gasteiger partial charge in [-0.3, -0.25) is 9.69 Å². The summed E-state index contributed by atoms with van der Waals surface area (Å²) in [5, 5.41) is 8.69. The highest BCUT2D eigenvalue weighted by molar-refractivity contribution is 7.80. The minimum Gasteiger partial charge on any atom is -0.337 e. The van der Waals surface area contributed by atoms with Gasteiger partial charge in [-0.25, -0.2) is 4.39 Å². The molecule has 1 aliphatic rings. The van der Waals surface area contributed by atoms with E-state index < -0.39 is 11.4 Å². The number of carbonyl (C=O) groups excluding carboxylic acids is 1. The minimum absolute atomic E-state index is 0.0121. The Balaban J connectivity index is 2.60. The smallest absolute Gasteiger partial charge is 0.258 e. The lowest BCUT2D eigenvalue weighted by Gasteiger charge is -2.24. The molecule has 20 heavy (non-hydrogen) atoms. The molecule has 0 aromatic heterocycles. The molecular formula is C13H11ClFN3OS. The molecule has 0 bridgehead atoms. The fraction of sp³-hybridized carbons (Fsp3) is 0.308. The average Bonchev–Trinajstić information content (AvgIpc) is 2.55. The van der Waals surface area contributed by atoms with E-state index in [1.807, 2.05) is 0 Å². The maximum atomic E-state index is 14.3. The Hall–Kier alpha value is -1.71. The van der Waals surface area contributed by atoms with Gasteiger partial charge in [0.15, 0.2) is 10.9 Å². The first kappa shape index (κ1) is 14.7. The van der Waals surface area contributed by atoms with Crippen molar-refractivity contribution in [3.63, 3.8) is 0 Å². The van der Waals surface area contributed by atoms with Crippen LogP contribution in [0.5, 0.6) is 0 Å². The van der Waals surface area contributed by atoms with Crippen LogP contribution in [0.25, 0.3) is 0 Å². The zero-order valence-electron chi connectivity index (χ0n) is 11.1. The third-order valence-electron chi connectivity index (χ3n) is 3.47. The molecular weight excluding hydrogens is 301 g/mol. The van der Waals surface area contributed by atoms with Gasteiger partial charge >= 0.3 is 0 Å². The number of nitriles is 1. The molecule has 2 rings (SSSR count). The molecule has 1 aromatic rings. The predicted octanol–water partition coefficient (Wildman–Crippen LogP) is 2.69. The molecule has 1 fully saturated rings. The Morgan fingerprint density at radius 1 is 1.45 bits per heavy atom. The van der Waals surface area contributed by atoms with E-state index in [-0.39, 0.29) is 27.3 Å². The summed E-state index contributed by atoms with van der Waals surface area (Å²) in [7, 11) is 1.67. The van der Waals surface area contributed by atoms with Crippen molar-refractivity contribution in [2.24, 2.45) is 0 Å². The number of amides is 1. The molecule has 0 aliphatic carbocycles. The minimum atomic E-state index is -0.857. The molecule has 0 N–H and O–H groups in total. The standard InChI is InChI=1S/C13H11ClFN3OS/c1-13(2)11(19)18(12(20)17(13)3)8-5-4-7(6-16)9(14)10(8)15/h4-5H,1-3H3. The molecule has 104 valence electrons. The van der Waals surface area contributed by atoms with Crippen molar-refractivity contribution in [3.05, 3.63) is 28.5 Å². The van der Waals surface area contributed by atoms with Crippen molar-refractivity contribution in [1.29, 1.82) is 5.26 Å². The number of thiocarbonyl (C=S) groups is 1. The topological polar surface area (TPSA) is 47.3 Å². The summed E-state index contributed by atoms with van der Waals surface area (Å²) in [6.07, 6.45) is 0. The average molecular weight is 312 g/mol. The summed E-state index contributed by atoms with van der Waals surface area (Å²) in [4.78, 5) is 15.1. The number of halogens is 2. The molecule has 0 spiro atoms. The zero-order chi connectivity index (χ0) is 15.2. The van der Waals surface area contributed by atoms with Crippen molar-refractivity contribution >= 4 is 40.5 Å². The van der Waals surface area contributed by atoms with Gasteiger partial charge in [0.2, 0.25) is 0 Å². The van der Waals surface area contributed by atoms with Gasteiger partial charge in [-0.1, -0.05) is 11.6 Å². The number of benzene rings is 1. The third-order valence-corrected chi connectivity index (χ3v) is 4.29. The van der Waals surface area contributed by atoms with Crippen LogP contribution in [0.1, 0.15) is 19.4 Å². The van der Waals surface area contributed by atoms with E-state index >= 15 is 0 Å². The van der Waals surface area contributed by atoms with Crippen LogP contribution in [0.15, 0.2) is 12.1 Å². The lowest BCUT2D eigenvalue weighted by atomic mass is 10.0. The fourth-order valence-electron chi connectivity index (χ4n) is 1.90. The maximum absolute atomic E-state index is 14.3. The van der Waals surface area contributed by atoms with Crippen molar-refractivity contribution < 1.29 is 9.18 Å². The number of anilines is 1. The molecule has 0 unspecified atom stereocenters. The lowest BCUT2D eigenvalue weighted by molar-refractivity contribution is -0.123. The van der Waals surface area contributed by atoms with Crippen LogP contribution in [0.2, 0.25) is 5.02 Å². The molecule has 1 aliphatic heterocycles. The van der Waals surface area contributed by atoms with Gasteiger partial charge in [0.25, 0.3) is 5.91 Å². The summed E-state index contributed by atoms with van der Waals surface area (Å²) >= 11 is 11.0. The van der Waals surface area contributed by atoms with E-state index in [1.165, 1.54) is 12.1 Å². The van der Waals surface area contributed by atoms with E-state index in [1.54, 1.807) is 31.9 Å². The first-order chi connectivity index (χ1) is 9.23. The van der Waals surface area contributed by atoms with Gasteiger partial charge in [0, 0.05) is 7.05 Å². The maximum Gasteiger partial charge on any atom is 0.258 e. The summed E-state index contributed by atoms with van der Waals surface area (Å²) < 4.78 is 14.3. The van der Waals surface area contributed by atoms with Crippen molar-refractivity contribution in [2.45, 2.75) is 19.4 Å². The molecule has 4 nitrogen and oxygen atoms in total. The van der Waals surface area contributed by atoms with Gasteiger partial charge in [0.05, 0.1) is 16.3 Å². The van der Waals surface area contributed by atoms with Crippen LogP contribution >= 0.6 is 23.8 Å². The predicted molar refractivity (Wildman–Crippen MR) is 78.1 cm³/mol. The highest BCUT2D eigenvalue weighted by Crippen LogP contribution is 2.35. The van der Waals surface area contributed by atoms with Crippen LogP contribution in [0, 0.1) is 17.1 Å². The van der Waals surface area contributed by atoms with E-state index in [0.717, 1.165) is 4.90 Å². The monoisotopic (exact) mass is 311 g/mol. The summed E-state index contributed by atoms with van der Waals surface area (Å²) in [5.74, 6) is -1.17. The molecule has 0 atom stereocenters. The van der Waals surface area contributed by atoms with Gasteiger partial charge in [0.1, 0.15) is 11.6 Å². The van der Waals surface area contributed by atoms with E-state index in [4.69, 9.17) is 29.1 Å². The zero-order valence-corrected chi connectivity index (χ0v) is 12.6. The van der Waals surface area contributed by atoms with Gasteiger partial charge in [-0.05, 0) is 38.2 Å². The van der Waals surface area contributed by atoms with E-state index in [2.05, 4.69) is 0 Å². The largest absolute Gasteiger partial charge is 0.337 e. The number of likely N-dealkylation sites (N-methyl/N-ethyl adjacent to an activating group) is 1. The lowest BCUT2D eigenvalue weighted by Crippen LogP contribution is -2.41. The molecule has 7 heteroatoms. The first-order valence-corrected chi connectivity index (χ1v) is 6.52. The Bertz CT molecular complexity index is 668. The van der Waals surface area contributed by atoms with Crippen LogP contribution in [0.3, 0.4) is 0 Å². The number of carbonyl (C=O) groups is 1. The van der Waals surface area contributed by atoms with Crippen molar-refractivity contribution in [1.82, 2.24) is 4.90 Å². The van der Waals surface area contributed by atoms with Gasteiger partial charge in [-0.15, -0.1) is 0 Å². The summed E-state index contributed by atoms with van der Waals surface area (Å²) in [6, 6.07) is 4.48. The Morgan fingerprint density at radius 2 is 2.05 bits per heavy atom. The quantitative estimate of drug-likeness (QED) is 0.748. The molecule has 0 saturated carbocycles. The highest BCUT2D eigenvalue weighted by Gasteiger charge is 2.48. The van der Waals surface area contributed by atoms with Crippen molar-refractivity contribution in [2.75, 3.05) is 11.9 Å². The van der Waals surface area contributed by atoms with Crippen LogP contribution in [-0.2, 0) is 4.79 Å². The van der Waals surface area contributed by atoms with E-state index in [9.17, 15) is 9.18 Å². The number of nitrogens with zero attached hydrogens (tertiary/aromatic N) is 3. The number of rotatable bonds is 1. The van der Waals surface area contributed by atoms with Crippen LogP contribution < -0.4 is 4.90 Å². The molecule has 1 heterocycles. The molecule has 1 aromatic carbocycles. The highest BCUT2D eigenvalue weighted by atomic mass is 35.5. The summed E-state index contributed by atoms with van der Waals surface area (Å²) in [5.41, 5.74) is -0.885. The van der Waals surface area contributed by atoms with Crippen molar-refractivity contribution in [3.8, 4) is 6.07 Å². The second-order valence-corrected chi connectivity index (χ2v) is 5.66. The Morgan fingerprint density at radius 3 is 2.50 bits per heavy atom. The second-order valence-electron chi connectivity index (χ2n) is 4.91. The van der Waals surface area contributed by atoms with Gasteiger partial charge < -0.3 is 4.90 Å². The number of hydrogen-bond donors (Lipinski definition) is 0. The van der Waals surface area contributed by atoms with Gasteiger partial charge in [-0.2, -0.15) is 5.26 Å². The third kappa shape index (κ3) is 1.86. The van der Waals surface area contributed by atoms with Crippen LogP contribution in [0.4, 0.5) is 10.1 Å². The summed E-state index contributed by atoms with van der Waals surface area (Å²) in [6.45, 7) is 3.40. The number of hydrogen-bond acceptors (Lipinski definition) is 3. The SMILES string of the molecule is CN1C(=S)N(c2ccc(C#N)c(Cl)c2F)C(=O)C1(C)C. The first-order valence-electron chi connectivity index (χ1n) is 5.74.